The molecule has 0 spiro atoms. The average molecular weight is 393 g/mol. The molecule has 156 valence electrons. The number of aliphatic carboxylic acids is 1. The molecule has 1 aromatic carbocycles. The topological polar surface area (TPSA) is 86.6 Å². The first-order chi connectivity index (χ1) is 13.3. The van der Waals surface area contributed by atoms with Gasteiger partial charge in [-0.25, -0.2) is 4.79 Å². The van der Waals surface area contributed by atoms with Gasteiger partial charge in [0.25, 0.3) is 5.79 Å². The molecule has 0 radical (unpaired) electrons. The molecule has 1 aliphatic rings. The summed E-state index contributed by atoms with van der Waals surface area (Å²) in [5.41, 5.74) is 1.81. The second-order valence-electron chi connectivity index (χ2n) is 7.44. The van der Waals surface area contributed by atoms with Crippen LogP contribution in [-0.4, -0.2) is 48.5 Å². The highest BCUT2D eigenvalue weighted by molar-refractivity contribution is 5.98. The van der Waals surface area contributed by atoms with Crippen molar-refractivity contribution in [3.05, 3.63) is 29.8 Å². The lowest BCUT2D eigenvalue weighted by atomic mass is 10.0. The third-order valence-corrected chi connectivity index (χ3v) is 4.52. The lowest BCUT2D eigenvalue weighted by molar-refractivity contribution is -0.271. The molecule has 1 fully saturated rings. The third-order valence-electron chi connectivity index (χ3n) is 4.52. The van der Waals surface area contributed by atoms with Gasteiger partial charge in [0, 0.05) is 12.8 Å². The Bertz CT molecular complexity index is 647. The molecule has 0 atom stereocenters. The van der Waals surface area contributed by atoms with E-state index < -0.39 is 11.8 Å². The maximum Gasteiger partial charge on any atom is 0.364 e. The van der Waals surface area contributed by atoms with Crippen LogP contribution in [0.25, 0.3) is 0 Å². The van der Waals surface area contributed by atoms with Crippen molar-refractivity contribution in [2.45, 2.75) is 58.8 Å². The summed E-state index contributed by atoms with van der Waals surface area (Å²) >= 11 is 0. The van der Waals surface area contributed by atoms with Gasteiger partial charge in [0.05, 0.1) is 25.0 Å². The van der Waals surface area contributed by atoms with Gasteiger partial charge in [-0.3, -0.25) is 0 Å². The van der Waals surface area contributed by atoms with Crippen LogP contribution in [0.5, 0.6) is 5.75 Å². The molecule has 7 heteroatoms. The number of unbranched alkanes of at least 4 members (excludes halogenated alkanes) is 1. The lowest BCUT2D eigenvalue weighted by Gasteiger charge is -2.34. The molecule has 1 aromatic rings. The highest BCUT2D eigenvalue weighted by Crippen LogP contribution is 2.24. The summed E-state index contributed by atoms with van der Waals surface area (Å²) in [5, 5.41) is 13.2. The molecule has 28 heavy (non-hydrogen) atoms. The van der Waals surface area contributed by atoms with Gasteiger partial charge in [-0.15, -0.1) is 0 Å². The second-order valence-corrected chi connectivity index (χ2v) is 7.44. The van der Waals surface area contributed by atoms with Crippen molar-refractivity contribution in [1.82, 2.24) is 0 Å². The SMILES string of the molecule is CC(=NOCCCCC1COC(C)(C(=O)O)OC1)c1ccc(OC(C)C)cc1. The predicted molar refractivity (Wildman–Crippen MR) is 106 cm³/mol. The third kappa shape index (κ3) is 6.80. The quantitative estimate of drug-likeness (QED) is 0.369. The van der Waals surface area contributed by atoms with Crippen molar-refractivity contribution in [3.63, 3.8) is 0 Å². The molecule has 2 rings (SSSR count). The van der Waals surface area contributed by atoms with Crippen LogP contribution in [-0.2, 0) is 19.1 Å². The van der Waals surface area contributed by atoms with Crippen molar-refractivity contribution >= 4 is 11.7 Å². The van der Waals surface area contributed by atoms with Gasteiger partial charge in [0.1, 0.15) is 12.4 Å². The largest absolute Gasteiger partial charge is 0.491 e. The van der Waals surface area contributed by atoms with Gasteiger partial charge in [0.2, 0.25) is 0 Å². The fourth-order valence-corrected chi connectivity index (χ4v) is 2.78. The normalized spacial score (nSPS) is 22.9. The minimum Gasteiger partial charge on any atom is -0.491 e. The van der Waals surface area contributed by atoms with Crippen LogP contribution < -0.4 is 4.74 Å². The zero-order valence-electron chi connectivity index (χ0n) is 17.1. The van der Waals surface area contributed by atoms with Gasteiger partial charge < -0.3 is 24.2 Å². The first kappa shape index (κ1) is 22.2. The molecule has 0 aliphatic carbocycles. The molecular weight excluding hydrogens is 362 g/mol. The van der Waals surface area contributed by atoms with E-state index in [1.54, 1.807) is 0 Å². The van der Waals surface area contributed by atoms with Crippen molar-refractivity contribution in [2.24, 2.45) is 11.1 Å². The Labute approximate surface area is 166 Å². The zero-order valence-corrected chi connectivity index (χ0v) is 17.1. The Balaban J connectivity index is 1.62. The number of benzene rings is 1. The van der Waals surface area contributed by atoms with Crippen LogP contribution >= 0.6 is 0 Å². The molecule has 1 N–H and O–H groups in total. The molecule has 1 aliphatic heterocycles. The van der Waals surface area contributed by atoms with E-state index in [0.717, 1.165) is 36.3 Å². The molecule has 0 aromatic heterocycles. The number of carboxylic acid groups (broad SMARTS) is 1. The van der Waals surface area contributed by atoms with Crippen molar-refractivity contribution in [3.8, 4) is 5.75 Å². The lowest BCUT2D eigenvalue weighted by Crippen LogP contribution is -2.47. The van der Waals surface area contributed by atoms with Crippen LogP contribution in [0, 0.1) is 5.92 Å². The first-order valence-electron chi connectivity index (χ1n) is 9.75. The molecule has 0 saturated carbocycles. The van der Waals surface area contributed by atoms with Gasteiger partial charge in [-0.05, 0) is 69.9 Å². The van der Waals surface area contributed by atoms with Crippen LogP contribution in [0.15, 0.2) is 29.4 Å². The van der Waals surface area contributed by atoms with Gasteiger partial charge >= 0.3 is 5.97 Å². The fraction of sp³-hybridized carbons (Fsp3) is 0.619. The summed E-state index contributed by atoms with van der Waals surface area (Å²) in [5.74, 6) is -1.55. The zero-order chi connectivity index (χ0) is 20.6. The number of hydrogen-bond donors (Lipinski definition) is 1. The van der Waals surface area contributed by atoms with Crippen LogP contribution in [0.4, 0.5) is 0 Å². The highest BCUT2D eigenvalue weighted by atomic mass is 16.7. The summed E-state index contributed by atoms with van der Waals surface area (Å²) in [4.78, 5) is 16.5. The van der Waals surface area contributed by atoms with Crippen molar-refractivity contribution in [1.29, 1.82) is 0 Å². The standard InChI is InChI=1S/C21H31NO6/c1-15(2)28-19-10-8-18(9-11-19)16(3)22-27-12-6-5-7-17-13-25-21(4,20(23)24)26-14-17/h8-11,15,17H,5-7,12-14H2,1-4H3,(H,23,24). The van der Waals surface area contributed by atoms with Crippen molar-refractivity contribution in [2.75, 3.05) is 19.8 Å². The first-order valence-corrected chi connectivity index (χ1v) is 9.75. The van der Waals surface area contributed by atoms with Crippen LogP contribution in [0.1, 0.15) is 52.5 Å². The molecule has 0 bridgehead atoms. The fourth-order valence-electron chi connectivity index (χ4n) is 2.78. The molecule has 1 saturated heterocycles. The molecule has 0 unspecified atom stereocenters. The molecule has 7 nitrogen and oxygen atoms in total. The van der Waals surface area contributed by atoms with E-state index in [4.69, 9.17) is 24.2 Å². The predicted octanol–water partition coefficient (Wildman–Crippen LogP) is 3.85. The Morgan fingerprint density at radius 2 is 1.89 bits per heavy atom. The number of ether oxygens (including phenoxy) is 3. The smallest absolute Gasteiger partial charge is 0.364 e. The maximum absolute atomic E-state index is 11.0. The maximum atomic E-state index is 11.0. The summed E-state index contributed by atoms with van der Waals surface area (Å²) < 4.78 is 16.3. The number of carboxylic acids is 1. The molecular formula is C21H31NO6. The van der Waals surface area contributed by atoms with E-state index in [-0.39, 0.29) is 12.0 Å². The minimum atomic E-state index is -1.51. The number of hydrogen-bond acceptors (Lipinski definition) is 6. The summed E-state index contributed by atoms with van der Waals surface area (Å²) in [6.45, 7) is 8.67. The van der Waals surface area contributed by atoms with Crippen molar-refractivity contribution < 1.29 is 28.9 Å². The van der Waals surface area contributed by atoms with E-state index >= 15 is 0 Å². The summed E-state index contributed by atoms with van der Waals surface area (Å²) in [7, 11) is 0. The number of nitrogens with zero attached hydrogens (tertiary/aromatic N) is 1. The Morgan fingerprint density at radius 3 is 2.46 bits per heavy atom. The van der Waals surface area contributed by atoms with Gasteiger partial charge in [-0.1, -0.05) is 5.16 Å². The van der Waals surface area contributed by atoms with E-state index in [0.29, 0.717) is 19.8 Å². The Kier molecular flexibility index (Phi) is 8.26. The van der Waals surface area contributed by atoms with Gasteiger partial charge in [-0.2, -0.15) is 0 Å². The average Bonchev–Trinajstić information content (AvgIpc) is 2.66. The van der Waals surface area contributed by atoms with Gasteiger partial charge in [0.15, 0.2) is 0 Å². The summed E-state index contributed by atoms with van der Waals surface area (Å²) in [6.07, 6.45) is 2.86. The van der Waals surface area contributed by atoms with E-state index in [1.807, 2.05) is 45.0 Å². The van der Waals surface area contributed by atoms with Crippen LogP contribution in [0.3, 0.4) is 0 Å². The molecule has 0 amide bonds. The monoisotopic (exact) mass is 393 g/mol. The van der Waals surface area contributed by atoms with E-state index in [9.17, 15) is 4.79 Å². The van der Waals surface area contributed by atoms with E-state index in [2.05, 4.69) is 5.16 Å². The number of carbonyl (C=O) groups is 1. The Morgan fingerprint density at radius 1 is 1.25 bits per heavy atom. The second kappa shape index (κ2) is 10.4. The minimum absolute atomic E-state index is 0.150. The number of oxime groups is 1. The highest BCUT2D eigenvalue weighted by Gasteiger charge is 2.40. The Hall–Kier alpha value is -2.12. The number of rotatable bonds is 10. The molecule has 1 heterocycles. The van der Waals surface area contributed by atoms with E-state index in [1.165, 1.54) is 6.92 Å². The summed E-state index contributed by atoms with van der Waals surface area (Å²) in [6, 6.07) is 7.79. The van der Waals surface area contributed by atoms with Crippen LogP contribution in [0.2, 0.25) is 0 Å².